The number of pyridine rings is 1. The van der Waals surface area contributed by atoms with E-state index in [9.17, 15) is 4.79 Å². The molecule has 0 aliphatic carbocycles. The summed E-state index contributed by atoms with van der Waals surface area (Å²) in [5, 5.41) is 6.48. The third-order valence-electron chi connectivity index (χ3n) is 5.23. The lowest BCUT2D eigenvalue weighted by molar-refractivity contribution is -0.0707. The summed E-state index contributed by atoms with van der Waals surface area (Å²) in [5.41, 5.74) is 3.36. The minimum atomic E-state index is -0.148. The Morgan fingerprint density at radius 1 is 1.23 bits per heavy atom. The maximum absolute atomic E-state index is 13.1. The molecule has 1 aliphatic heterocycles. The van der Waals surface area contributed by atoms with Crippen molar-refractivity contribution in [1.82, 2.24) is 14.9 Å². The Labute approximate surface area is 181 Å². The van der Waals surface area contributed by atoms with Crippen LogP contribution in [0.5, 0.6) is 0 Å². The van der Waals surface area contributed by atoms with Crippen LogP contribution in [0.25, 0.3) is 10.9 Å². The lowest BCUT2D eigenvalue weighted by atomic mass is 10.0. The lowest BCUT2D eigenvalue weighted by Gasteiger charge is -2.34. The van der Waals surface area contributed by atoms with Gasteiger partial charge in [0.25, 0.3) is 5.91 Å². The smallest absolute Gasteiger partial charge is 0.258 e. The van der Waals surface area contributed by atoms with Crippen LogP contribution in [0.3, 0.4) is 0 Å². The molecule has 4 rings (SSSR count). The Balaban J connectivity index is 1.51. The van der Waals surface area contributed by atoms with Gasteiger partial charge in [-0.2, -0.15) is 0 Å². The van der Waals surface area contributed by atoms with Gasteiger partial charge in [0.2, 0.25) is 0 Å². The van der Waals surface area contributed by atoms with Crippen molar-refractivity contribution in [3.05, 3.63) is 52.7 Å². The lowest BCUT2D eigenvalue weighted by Crippen LogP contribution is -2.44. The van der Waals surface area contributed by atoms with Crippen LogP contribution in [-0.2, 0) is 11.3 Å². The van der Waals surface area contributed by atoms with Gasteiger partial charge < -0.3 is 4.74 Å². The molecule has 1 amide bonds. The molecule has 0 radical (unpaired) electrons. The van der Waals surface area contributed by atoms with Crippen molar-refractivity contribution in [3.8, 4) is 0 Å². The largest absolute Gasteiger partial charge is 0.373 e. The number of hydrogen-bond donors (Lipinski definition) is 1. The summed E-state index contributed by atoms with van der Waals surface area (Å²) in [5.74, 6) is 0.0935. The van der Waals surface area contributed by atoms with Crippen molar-refractivity contribution in [2.75, 3.05) is 18.4 Å². The number of nitrogens with one attached hydrogen (secondary N) is 1. The van der Waals surface area contributed by atoms with Gasteiger partial charge in [0, 0.05) is 36.1 Å². The molecule has 3 heterocycles. The van der Waals surface area contributed by atoms with Crippen LogP contribution >= 0.6 is 11.3 Å². The first-order valence-electron chi connectivity index (χ1n) is 10.4. The number of aromatic nitrogens is 2. The number of hydrogen-bond acceptors (Lipinski definition) is 6. The Kier molecular flexibility index (Phi) is 6.13. The van der Waals surface area contributed by atoms with Crippen LogP contribution in [0.1, 0.15) is 55.4 Å². The van der Waals surface area contributed by atoms with Crippen LogP contribution in [-0.4, -0.2) is 46.1 Å². The molecule has 1 aliphatic rings. The van der Waals surface area contributed by atoms with Crippen LogP contribution in [0.4, 0.5) is 5.13 Å². The SMILES string of the molecule is CC1CN(Cc2csc(NC(=O)c3cc(C(C)C)nc4ccccc34)n2)CC(C)O1. The Morgan fingerprint density at radius 3 is 2.70 bits per heavy atom. The molecule has 1 saturated heterocycles. The normalized spacial score (nSPS) is 20.0. The number of ether oxygens (including phenoxy) is 1. The van der Waals surface area contributed by atoms with Crippen LogP contribution in [0, 0.1) is 0 Å². The van der Waals surface area contributed by atoms with E-state index in [1.54, 1.807) is 0 Å². The predicted octanol–water partition coefficient (Wildman–Crippen LogP) is 4.68. The first kappa shape index (κ1) is 20.9. The molecule has 2 aromatic heterocycles. The van der Waals surface area contributed by atoms with Gasteiger partial charge in [-0.25, -0.2) is 4.98 Å². The number of para-hydroxylation sites is 1. The van der Waals surface area contributed by atoms with E-state index in [0.29, 0.717) is 10.7 Å². The van der Waals surface area contributed by atoms with Crippen LogP contribution < -0.4 is 5.32 Å². The highest BCUT2D eigenvalue weighted by Gasteiger charge is 2.23. The Morgan fingerprint density at radius 2 is 1.97 bits per heavy atom. The second kappa shape index (κ2) is 8.79. The van der Waals surface area contributed by atoms with Crippen molar-refractivity contribution in [2.45, 2.75) is 52.4 Å². The quantitative estimate of drug-likeness (QED) is 0.644. The van der Waals surface area contributed by atoms with E-state index in [-0.39, 0.29) is 24.0 Å². The monoisotopic (exact) mass is 424 g/mol. The molecule has 30 heavy (non-hydrogen) atoms. The first-order chi connectivity index (χ1) is 14.4. The zero-order valence-electron chi connectivity index (χ0n) is 17.9. The van der Waals surface area contributed by atoms with Gasteiger partial charge in [-0.05, 0) is 31.9 Å². The molecule has 1 fully saturated rings. The van der Waals surface area contributed by atoms with E-state index in [4.69, 9.17) is 9.72 Å². The van der Waals surface area contributed by atoms with Crippen molar-refractivity contribution < 1.29 is 9.53 Å². The molecule has 7 heteroatoms. The predicted molar refractivity (Wildman–Crippen MR) is 121 cm³/mol. The maximum Gasteiger partial charge on any atom is 0.258 e. The Bertz CT molecular complexity index is 1040. The number of nitrogens with zero attached hydrogens (tertiary/aromatic N) is 3. The van der Waals surface area contributed by atoms with E-state index >= 15 is 0 Å². The fraction of sp³-hybridized carbons (Fsp3) is 0.435. The molecular weight excluding hydrogens is 396 g/mol. The molecule has 158 valence electrons. The molecule has 2 unspecified atom stereocenters. The van der Waals surface area contributed by atoms with Crippen molar-refractivity contribution >= 4 is 33.3 Å². The standard InChI is InChI=1S/C23H28N4O2S/c1-14(2)21-9-19(18-7-5-6-8-20(18)25-21)22(28)26-23-24-17(13-30-23)12-27-10-15(3)29-16(4)11-27/h5-9,13-16H,10-12H2,1-4H3,(H,24,26,28). The number of carbonyl (C=O) groups is 1. The molecule has 1 N–H and O–H groups in total. The summed E-state index contributed by atoms with van der Waals surface area (Å²) in [6, 6.07) is 9.66. The first-order valence-corrected chi connectivity index (χ1v) is 11.3. The summed E-state index contributed by atoms with van der Waals surface area (Å²) < 4.78 is 5.80. The van der Waals surface area contributed by atoms with Gasteiger partial charge in [-0.1, -0.05) is 32.0 Å². The van der Waals surface area contributed by atoms with Crippen molar-refractivity contribution in [3.63, 3.8) is 0 Å². The van der Waals surface area contributed by atoms with Gasteiger partial charge in [0.1, 0.15) is 0 Å². The fourth-order valence-electron chi connectivity index (χ4n) is 3.92. The molecule has 1 aromatic carbocycles. The molecule has 2 atom stereocenters. The summed E-state index contributed by atoms with van der Waals surface area (Å²) in [6.07, 6.45) is 0.448. The number of fused-ring (bicyclic) bond motifs is 1. The highest BCUT2D eigenvalue weighted by Crippen LogP contribution is 2.25. The summed E-state index contributed by atoms with van der Waals surface area (Å²) in [4.78, 5) is 24.8. The topological polar surface area (TPSA) is 67.4 Å². The molecule has 0 bridgehead atoms. The number of benzene rings is 1. The van der Waals surface area contributed by atoms with E-state index < -0.39 is 0 Å². The summed E-state index contributed by atoms with van der Waals surface area (Å²) in [7, 11) is 0. The molecule has 3 aromatic rings. The van der Waals surface area contributed by atoms with Gasteiger partial charge in [0.05, 0.1) is 29.0 Å². The number of rotatable bonds is 5. The third-order valence-corrected chi connectivity index (χ3v) is 6.03. The van der Waals surface area contributed by atoms with Gasteiger partial charge in [0.15, 0.2) is 5.13 Å². The number of thiazole rings is 1. The van der Waals surface area contributed by atoms with E-state index in [2.05, 4.69) is 42.9 Å². The second-order valence-electron chi connectivity index (χ2n) is 8.32. The number of anilines is 1. The van der Waals surface area contributed by atoms with Crippen LogP contribution in [0.2, 0.25) is 0 Å². The zero-order valence-corrected chi connectivity index (χ0v) is 18.7. The van der Waals surface area contributed by atoms with Gasteiger partial charge in [-0.15, -0.1) is 11.3 Å². The molecular formula is C23H28N4O2S. The fourth-order valence-corrected chi connectivity index (χ4v) is 4.62. The van der Waals surface area contributed by atoms with Gasteiger partial charge in [-0.3, -0.25) is 20.0 Å². The Hall–Kier alpha value is -2.35. The molecule has 0 spiro atoms. The minimum absolute atomic E-state index is 0.148. The van der Waals surface area contributed by atoms with Crippen molar-refractivity contribution in [2.24, 2.45) is 0 Å². The van der Waals surface area contributed by atoms with E-state index in [1.165, 1.54) is 11.3 Å². The third kappa shape index (κ3) is 4.69. The average Bonchev–Trinajstić information content (AvgIpc) is 3.12. The maximum atomic E-state index is 13.1. The average molecular weight is 425 g/mol. The minimum Gasteiger partial charge on any atom is -0.373 e. The van der Waals surface area contributed by atoms with Gasteiger partial charge >= 0.3 is 0 Å². The number of carbonyl (C=O) groups excluding carboxylic acids is 1. The zero-order chi connectivity index (χ0) is 21.3. The van der Waals surface area contributed by atoms with E-state index in [1.807, 2.05) is 35.7 Å². The van der Waals surface area contributed by atoms with E-state index in [0.717, 1.165) is 41.9 Å². The molecule has 0 saturated carbocycles. The second-order valence-corrected chi connectivity index (χ2v) is 9.17. The molecule has 6 nitrogen and oxygen atoms in total. The summed E-state index contributed by atoms with van der Waals surface area (Å²) >= 11 is 1.46. The van der Waals surface area contributed by atoms with Crippen LogP contribution in [0.15, 0.2) is 35.7 Å². The number of amides is 1. The highest BCUT2D eigenvalue weighted by molar-refractivity contribution is 7.14. The highest BCUT2D eigenvalue weighted by atomic mass is 32.1. The number of morpholine rings is 1. The summed E-state index contributed by atoms with van der Waals surface area (Å²) in [6.45, 7) is 10.9. The van der Waals surface area contributed by atoms with Crippen molar-refractivity contribution in [1.29, 1.82) is 0 Å².